The van der Waals surface area contributed by atoms with Crippen LogP contribution in [0.1, 0.15) is 40.7 Å². The second kappa shape index (κ2) is 10.1. The lowest BCUT2D eigenvalue weighted by Gasteiger charge is -2.25. The minimum atomic E-state index is -0.967. The average molecular weight is 418 g/mol. The summed E-state index contributed by atoms with van der Waals surface area (Å²) in [7, 11) is 0. The van der Waals surface area contributed by atoms with Gasteiger partial charge in [0.1, 0.15) is 5.75 Å². The molecule has 31 heavy (non-hydrogen) atoms. The minimum Gasteiger partial charge on any atom is -0.478 e. The molecular weight excluding hydrogens is 390 g/mol. The molecule has 3 aromatic carbocycles. The summed E-state index contributed by atoms with van der Waals surface area (Å²) in [5.74, 6) is -0.313. The van der Waals surface area contributed by atoms with E-state index in [2.05, 4.69) is 17.4 Å². The Morgan fingerprint density at radius 1 is 0.935 bits per heavy atom. The molecule has 4 rings (SSSR count). The highest BCUT2D eigenvalue weighted by Gasteiger charge is 2.18. The maximum absolute atomic E-state index is 11.8. The lowest BCUT2D eigenvalue weighted by molar-refractivity contribution is -0.105. The fourth-order valence-corrected chi connectivity index (χ4v) is 3.73. The first kappa shape index (κ1) is 20.9. The lowest BCUT2D eigenvalue weighted by atomic mass is 10.0. The number of nitrogens with one attached hydrogen (secondary N) is 1. The molecule has 1 heterocycles. The van der Waals surface area contributed by atoms with Crippen LogP contribution in [0.25, 0.3) is 0 Å². The van der Waals surface area contributed by atoms with Crippen LogP contribution in [0.4, 0.5) is 11.4 Å². The van der Waals surface area contributed by atoms with Crippen LogP contribution in [0, 0.1) is 0 Å². The van der Waals surface area contributed by atoms with Crippen molar-refractivity contribution in [3.05, 3.63) is 89.5 Å². The SMILES string of the molecule is O=C(O)c1ccc(CCc2ccccc2)cc1Nc1ccccc1OC1CCCCO1. The van der Waals surface area contributed by atoms with Crippen molar-refractivity contribution < 1.29 is 19.4 Å². The van der Waals surface area contributed by atoms with E-state index in [4.69, 9.17) is 9.47 Å². The molecule has 1 aliphatic heterocycles. The van der Waals surface area contributed by atoms with Crippen molar-refractivity contribution in [2.24, 2.45) is 0 Å². The molecule has 1 unspecified atom stereocenters. The van der Waals surface area contributed by atoms with E-state index < -0.39 is 5.97 Å². The number of para-hydroxylation sites is 2. The van der Waals surface area contributed by atoms with Crippen LogP contribution in [-0.2, 0) is 17.6 Å². The van der Waals surface area contributed by atoms with Crippen LogP contribution < -0.4 is 10.1 Å². The molecule has 3 aromatic rings. The van der Waals surface area contributed by atoms with Gasteiger partial charge in [-0.3, -0.25) is 0 Å². The second-order valence-corrected chi connectivity index (χ2v) is 7.71. The molecule has 0 saturated carbocycles. The highest BCUT2D eigenvalue weighted by Crippen LogP contribution is 2.32. The summed E-state index contributed by atoms with van der Waals surface area (Å²) < 4.78 is 11.8. The summed E-state index contributed by atoms with van der Waals surface area (Å²) in [5, 5.41) is 13.0. The zero-order valence-electron chi connectivity index (χ0n) is 17.4. The molecule has 1 aliphatic rings. The topological polar surface area (TPSA) is 67.8 Å². The molecule has 160 valence electrons. The predicted octanol–water partition coefficient (Wildman–Crippen LogP) is 5.82. The quantitative estimate of drug-likeness (QED) is 0.483. The second-order valence-electron chi connectivity index (χ2n) is 7.71. The number of carboxylic acid groups (broad SMARTS) is 1. The van der Waals surface area contributed by atoms with Crippen LogP contribution in [0.2, 0.25) is 0 Å². The number of rotatable bonds is 8. The van der Waals surface area contributed by atoms with Gasteiger partial charge in [-0.25, -0.2) is 4.79 Å². The van der Waals surface area contributed by atoms with Crippen molar-refractivity contribution in [2.45, 2.75) is 38.4 Å². The molecule has 0 spiro atoms. The molecule has 5 heteroatoms. The van der Waals surface area contributed by atoms with Crippen LogP contribution in [0.3, 0.4) is 0 Å². The Bertz CT molecular complexity index is 1010. The van der Waals surface area contributed by atoms with Crippen LogP contribution in [0.5, 0.6) is 5.75 Å². The van der Waals surface area contributed by atoms with E-state index in [-0.39, 0.29) is 11.9 Å². The molecule has 5 nitrogen and oxygen atoms in total. The number of hydrogen-bond donors (Lipinski definition) is 2. The number of benzene rings is 3. The van der Waals surface area contributed by atoms with Gasteiger partial charge in [0.2, 0.25) is 0 Å². The van der Waals surface area contributed by atoms with Gasteiger partial charge in [0, 0.05) is 6.42 Å². The third-order valence-electron chi connectivity index (χ3n) is 5.41. The largest absolute Gasteiger partial charge is 0.478 e. The predicted molar refractivity (Wildman–Crippen MR) is 121 cm³/mol. The van der Waals surface area contributed by atoms with E-state index in [1.165, 1.54) is 5.56 Å². The number of ether oxygens (including phenoxy) is 2. The van der Waals surface area contributed by atoms with Gasteiger partial charge in [0.25, 0.3) is 0 Å². The summed E-state index contributed by atoms with van der Waals surface area (Å²) in [6.45, 7) is 0.701. The van der Waals surface area contributed by atoms with E-state index in [9.17, 15) is 9.90 Å². The minimum absolute atomic E-state index is 0.229. The van der Waals surface area contributed by atoms with Gasteiger partial charge >= 0.3 is 5.97 Å². The van der Waals surface area contributed by atoms with Gasteiger partial charge in [-0.15, -0.1) is 0 Å². The van der Waals surface area contributed by atoms with Gasteiger partial charge in [-0.1, -0.05) is 48.5 Å². The maximum Gasteiger partial charge on any atom is 0.337 e. The number of carboxylic acids is 1. The molecule has 0 aliphatic carbocycles. The summed E-state index contributed by atoms with van der Waals surface area (Å²) in [4.78, 5) is 11.8. The number of carbonyl (C=O) groups is 1. The molecule has 0 amide bonds. The van der Waals surface area contributed by atoms with E-state index in [0.717, 1.165) is 43.4 Å². The Labute approximate surface area is 182 Å². The van der Waals surface area contributed by atoms with Gasteiger partial charge in [-0.05, 0) is 61.1 Å². The van der Waals surface area contributed by atoms with Crippen molar-refractivity contribution in [1.29, 1.82) is 0 Å². The maximum atomic E-state index is 11.8. The van der Waals surface area contributed by atoms with Crippen LogP contribution >= 0.6 is 0 Å². The lowest BCUT2D eigenvalue weighted by Crippen LogP contribution is -2.25. The van der Waals surface area contributed by atoms with Crippen molar-refractivity contribution in [2.75, 3.05) is 11.9 Å². The Morgan fingerprint density at radius 2 is 1.71 bits per heavy atom. The van der Waals surface area contributed by atoms with Crippen molar-refractivity contribution in [1.82, 2.24) is 0 Å². The monoisotopic (exact) mass is 417 g/mol. The van der Waals surface area contributed by atoms with Crippen LogP contribution in [0.15, 0.2) is 72.8 Å². The van der Waals surface area contributed by atoms with Crippen LogP contribution in [-0.4, -0.2) is 24.0 Å². The number of anilines is 2. The third kappa shape index (κ3) is 5.64. The van der Waals surface area contributed by atoms with Gasteiger partial charge in [0.15, 0.2) is 6.29 Å². The Kier molecular flexibility index (Phi) is 6.85. The van der Waals surface area contributed by atoms with E-state index in [0.29, 0.717) is 18.0 Å². The smallest absolute Gasteiger partial charge is 0.337 e. The highest BCUT2D eigenvalue weighted by molar-refractivity contribution is 5.95. The highest BCUT2D eigenvalue weighted by atomic mass is 16.7. The third-order valence-corrected chi connectivity index (χ3v) is 5.41. The summed E-state index contributed by atoms with van der Waals surface area (Å²) in [6, 6.07) is 23.3. The number of aryl methyl sites for hydroxylation is 2. The Morgan fingerprint density at radius 3 is 2.48 bits per heavy atom. The standard InChI is InChI=1S/C26H27NO4/c28-26(29)21-16-15-20(14-13-19-8-2-1-3-9-19)18-23(21)27-22-10-4-5-11-24(22)31-25-12-6-7-17-30-25/h1-5,8-11,15-16,18,25,27H,6-7,12-14,17H2,(H,28,29). The Balaban J connectivity index is 1.54. The molecule has 1 atom stereocenters. The van der Waals surface area contributed by atoms with Gasteiger partial charge in [0.05, 0.1) is 23.5 Å². The first-order chi connectivity index (χ1) is 15.2. The molecule has 2 N–H and O–H groups in total. The van der Waals surface area contributed by atoms with E-state index >= 15 is 0 Å². The fraction of sp³-hybridized carbons (Fsp3) is 0.269. The molecular formula is C26H27NO4. The zero-order chi connectivity index (χ0) is 21.5. The normalized spacial score (nSPS) is 15.9. The summed E-state index contributed by atoms with van der Waals surface area (Å²) in [6.07, 6.45) is 4.43. The van der Waals surface area contributed by atoms with Crippen molar-refractivity contribution in [3.63, 3.8) is 0 Å². The first-order valence-electron chi connectivity index (χ1n) is 10.7. The molecule has 1 fully saturated rings. The van der Waals surface area contributed by atoms with E-state index in [1.807, 2.05) is 54.6 Å². The molecule has 0 bridgehead atoms. The summed E-state index contributed by atoms with van der Waals surface area (Å²) in [5.41, 5.74) is 3.83. The summed E-state index contributed by atoms with van der Waals surface area (Å²) >= 11 is 0. The van der Waals surface area contributed by atoms with Crippen molar-refractivity contribution in [3.8, 4) is 5.75 Å². The number of aromatic carboxylic acids is 1. The fourth-order valence-electron chi connectivity index (χ4n) is 3.73. The molecule has 0 radical (unpaired) electrons. The number of hydrogen-bond acceptors (Lipinski definition) is 4. The average Bonchev–Trinajstić information content (AvgIpc) is 2.80. The first-order valence-corrected chi connectivity index (χ1v) is 10.7. The van der Waals surface area contributed by atoms with E-state index in [1.54, 1.807) is 6.07 Å². The van der Waals surface area contributed by atoms with Crippen molar-refractivity contribution >= 4 is 17.3 Å². The molecule has 0 aromatic heterocycles. The zero-order valence-corrected chi connectivity index (χ0v) is 17.4. The molecule has 1 saturated heterocycles. The Hall–Kier alpha value is -3.31. The van der Waals surface area contributed by atoms with Gasteiger partial charge in [-0.2, -0.15) is 0 Å². The van der Waals surface area contributed by atoms with Gasteiger partial charge < -0.3 is 19.9 Å².